The minimum atomic E-state index is -0.462. The lowest BCUT2D eigenvalue weighted by Crippen LogP contribution is -2.13. The molecule has 3 aromatic rings. The van der Waals surface area contributed by atoms with Crippen molar-refractivity contribution in [2.24, 2.45) is 0 Å². The number of amides is 1. The van der Waals surface area contributed by atoms with Crippen LogP contribution in [0.25, 0.3) is 10.9 Å². The average molecular weight is 396 g/mol. The Labute approximate surface area is 166 Å². The summed E-state index contributed by atoms with van der Waals surface area (Å²) in [4.78, 5) is 28.1. The maximum atomic E-state index is 12.7. The lowest BCUT2D eigenvalue weighted by Gasteiger charge is -2.18. The third kappa shape index (κ3) is 3.20. The first-order chi connectivity index (χ1) is 13.5. The van der Waals surface area contributed by atoms with Crippen LogP contribution in [-0.2, 0) is 12.8 Å². The van der Waals surface area contributed by atoms with Gasteiger partial charge in [0.25, 0.3) is 11.6 Å². The minimum Gasteiger partial charge on any atom is -0.321 e. The van der Waals surface area contributed by atoms with Gasteiger partial charge in [-0.2, -0.15) is 0 Å². The van der Waals surface area contributed by atoms with Crippen molar-refractivity contribution in [3.05, 3.63) is 73.9 Å². The van der Waals surface area contributed by atoms with Crippen LogP contribution < -0.4 is 5.32 Å². The van der Waals surface area contributed by atoms with E-state index in [2.05, 4.69) is 5.32 Å². The maximum Gasteiger partial charge on any atom is 0.274 e. The molecule has 142 valence electrons. The Morgan fingerprint density at radius 3 is 2.79 bits per heavy atom. The van der Waals surface area contributed by atoms with Crippen LogP contribution in [0.1, 0.15) is 40.0 Å². The lowest BCUT2D eigenvalue weighted by atomic mass is 9.94. The molecule has 1 aliphatic carbocycles. The fourth-order valence-electron chi connectivity index (χ4n) is 3.66. The SMILES string of the molecule is Cc1c(NC(=O)c2ccc3c(Cl)c4c(nc3c2)CCCC4)cccc1[N+](=O)[O-]. The Morgan fingerprint density at radius 2 is 2.00 bits per heavy atom. The van der Waals surface area contributed by atoms with E-state index in [0.717, 1.165) is 47.3 Å². The molecule has 6 nitrogen and oxygen atoms in total. The normalized spacial score (nSPS) is 13.2. The monoisotopic (exact) mass is 395 g/mol. The maximum absolute atomic E-state index is 12.7. The first-order valence-electron chi connectivity index (χ1n) is 9.12. The molecule has 2 aromatic carbocycles. The Kier molecular flexibility index (Phi) is 4.73. The number of hydrogen-bond acceptors (Lipinski definition) is 4. The molecule has 0 spiro atoms. The van der Waals surface area contributed by atoms with E-state index in [1.165, 1.54) is 6.07 Å². The zero-order valence-electron chi connectivity index (χ0n) is 15.3. The molecule has 4 rings (SSSR count). The van der Waals surface area contributed by atoms with Gasteiger partial charge in [-0.15, -0.1) is 0 Å². The van der Waals surface area contributed by atoms with Crippen LogP contribution in [0.4, 0.5) is 11.4 Å². The fourth-order valence-corrected chi connectivity index (χ4v) is 4.02. The summed E-state index contributed by atoms with van der Waals surface area (Å²) in [6.07, 6.45) is 4.04. The summed E-state index contributed by atoms with van der Waals surface area (Å²) in [6.45, 7) is 1.61. The molecule has 0 radical (unpaired) electrons. The molecular weight excluding hydrogens is 378 g/mol. The molecule has 28 heavy (non-hydrogen) atoms. The number of carbonyl (C=O) groups is 1. The van der Waals surface area contributed by atoms with Crippen molar-refractivity contribution in [3.63, 3.8) is 0 Å². The second-order valence-electron chi connectivity index (χ2n) is 6.95. The van der Waals surface area contributed by atoms with Crippen molar-refractivity contribution in [3.8, 4) is 0 Å². The second kappa shape index (κ2) is 7.20. The molecule has 0 unspecified atom stereocenters. The summed E-state index contributed by atoms with van der Waals surface area (Å²) in [7, 11) is 0. The highest BCUT2D eigenvalue weighted by Gasteiger charge is 2.19. The van der Waals surface area contributed by atoms with E-state index in [4.69, 9.17) is 16.6 Å². The third-order valence-electron chi connectivity index (χ3n) is 5.21. The third-order valence-corrected chi connectivity index (χ3v) is 5.64. The first kappa shape index (κ1) is 18.4. The molecule has 1 aromatic heterocycles. The molecule has 1 N–H and O–H groups in total. The van der Waals surface area contributed by atoms with E-state index in [0.29, 0.717) is 22.3 Å². The molecule has 0 saturated carbocycles. The van der Waals surface area contributed by atoms with Crippen LogP contribution in [-0.4, -0.2) is 15.8 Å². The predicted octanol–water partition coefficient (Wildman–Crippen LogP) is 5.24. The summed E-state index contributed by atoms with van der Waals surface area (Å²) >= 11 is 6.58. The lowest BCUT2D eigenvalue weighted by molar-refractivity contribution is -0.385. The number of aryl methyl sites for hydroxylation is 1. The topological polar surface area (TPSA) is 85.1 Å². The van der Waals surface area contributed by atoms with Gasteiger partial charge >= 0.3 is 0 Å². The zero-order chi connectivity index (χ0) is 19.8. The molecule has 7 heteroatoms. The summed E-state index contributed by atoms with van der Waals surface area (Å²) in [5, 5.41) is 15.4. The highest BCUT2D eigenvalue weighted by Crippen LogP contribution is 2.33. The number of pyridine rings is 1. The Bertz CT molecular complexity index is 1130. The van der Waals surface area contributed by atoms with Gasteiger partial charge in [0.1, 0.15) is 0 Å². The van der Waals surface area contributed by atoms with Gasteiger partial charge in [0.05, 0.1) is 26.7 Å². The molecule has 1 heterocycles. The van der Waals surface area contributed by atoms with E-state index in [1.54, 1.807) is 31.2 Å². The smallest absolute Gasteiger partial charge is 0.274 e. The molecule has 0 fully saturated rings. The number of nitro benzene ring substituents is 1. The van der Waals surface area contributed by atoms with Gasteiger partial charge in [-0.05, 0) is 56.4 Å². The molecule has 1 amide bonds. The van der Waals surface area contributed by atoms with Crippen molar-refractivity contribution in [2.75, 3.05) is 5.32 Å². The van der Waals surface area contributed by atoms with E-state index < -0.39 is 4.92 Å². The van der Waals surface area contributed by atoms with E-state index in [-0.39, 0.29) is 11.6 Å². The summed E-state index contributed by atoms with van der Waals surface area (Å²) < 4.78 is 0. The molecule has 0 atom stereocenters. The number of rotatable bonds is 3. The second-order valence-corrected chi connectivity index (χ2v) is 7.33. The van der Waals surface area contributed by atoms with Crippen molar-refractivity contribution < 1.29 is 9.72 Å². The predicted molar refractivity (Wildman–Crippen MR) is 109 cm³/mol. The standard InChI is InChI=1S/C21H18ClN3O3/c1-12-16(7-4-8-19(12)25(27)28)24-21(26)13-9-10-15-18(11-13)23-17-6-3-2-5-14(17)20(15)22/h4,7-11H,2-3,5-6H2,1H3,(H,24,26). The summed E-state index contributed by atoms with van der Waals surface area (Å²) in [6, 6.07) is 9.84. The van der Waals surface area contributed by atoms with Crippen LogP contribution in [0, 0.1) is 17.0 Å². The number of benzene rings is 2. The van der Waals surface area contributed by atoms with Crippen LogP contribution in [0.5, 0.6) is 0 Å². The number of hydrogen-bond donors (Lipinski definition) is 1. The van der Waals surface area contributed by atoms with Crippen LogP contribution in [0.3, 0.4) is 0 Å². The number of nitrogens with zero attached hydrogens (tertiary/aromatic N) is 2. The van der Waals surface area contributed by atoms with Gasteiger partial charge in [-0.25, -0.2) is 0 Å². The number of aromatic nitrogens is 1. The number of halogens is 1. The highest BCUT2D eigenvalue weighted by atomic mass is 35.5. The molecule has 0 saturated heterocycles. The van der Waals surface area contributed by atoms with E-state index in [9.17, 15) is 14.9 Å². The van der Waals surface area contributed by atoms with Crippen LogP contribution in [0.15, 0.2) is 36.4 Å². The van der Waals surface area contributed by atoms with Crippen molar-refractivity contribution in [2.45, 2.75) is 32.6 Å². The Morgan fingerprint density at radius 1 is 1.21 bits per heavy atom. The van der Waals surface area contributed by atoms with Gasteiger partial charge in [0.2, 0.25) is 0 Å². The molecular formula is C21H18ClN3O3. The van der Waals surface area contributed by atoms with E-state index in [1.807, 2.05) is 6.07 Å². The quantitative estimate of drug-likeness (QED) is 0.485. The van der Waals surface area contributed by atoms with Gasteiger partial charge in [-0.3, -0.25) is 19.9 Å². The van der Waals surface area contributed by atoms with Gasteiger partial charge in [0, 0.05) is 22.7 Å². The summed E-state index contributed by atoms with van der Waals surface area (Å²) in [5.41, 5.74) is 4.04. The Hall–Kier alpha value is -2.99. The van der Waals surface area contributed by atoms with E-state index >= 15 is 0 Å². The Balaban J connectivity index is 1.69. The molecule has 1 aliphatic rings. The number of anilines is 1. The summed E-state index contributed by atoms with van der Waals surface area (Å²) in [5.74, 6) is -0.346. The van der Waals surface area contributed by atoms with Crippen molar-refractivity contribution in [1.29, 1.82) is 0 Å². The van der Waals surface area contributed by atoms with Crippen LogP contribution >= 0.6 is 11.6 Å². The van der Waals surface area contributed by atoms with Crippen molar-refractivity contribution in [1.82, 2.24) is 4.98 Å². The fraction of sp³-hybridized carbons (Fsp3) is 0.238. The number of carbonyl (C=O) groups excluding carboxylic acids is 1. The van der Waals surface area contributed by atoms with Crippen molar-refractivity contribution >= 4 is 39.8 Å². The average Bonchev–Trinajstić information content (AvgIpc) is 2.69. The molecule has 0 bridgehead atoms. The number of nitro groups is 1. The number of fused-ring (bicyclic) bond motifs is 2. The number of nitrogens with one attached hydrogen (secondary N) is 1. The molecule has 0 aliphatic heterocycles. The van der Waals surface area contributed by atoms with Gasteiger partial charge < -0.3 is 5.32 Å². The zero-order valence-corrected chi connectivity index (χ0v) is 16.0. The highest BCUT2D eigenvalue weighted by molar-refractivity contribution is 6.36. The minimum absolute atomic E-state index is 0.0311. The van der Waals surface area contributed by atoms with Gasteiger partial charge in [-0.1, -0.05) is 23.7 Å². The van der Waals surface area contributed by atoms with Crippen LogP contribution in [0.2, 0.25) is 5.02 Å². The first-order valence-corrected chi connectivity index (χ1v) is 9.50. The largest absolute Gasteiger partial charge is 0.321 e. The van der Waals surface area contributed by atoms with Gasteiger partial charge in [0.15, 0.2) is 0 Å².